The summed E-state index contributed by atoms with van der Waals surface area (Å²) in [4.78, 5) is 0. The fourth-order valence-electron chi connectivity index (χ4n) is 2.98. The van der Waals surface area contributed by atoms with Crippen LogP contribution in [0.15, 0.2) is 60.7 Å². The molecule has 0 aromatic heterocycles. The van der Waals surface area contributed by atoms with Gasteiger partial charge in [0, 0.05) is 18.7 Å². The minimum atomic E-state index is -0.614. The molecule has 0 spiro atoms. The van der Waals surface area contributed by atoms with Gasteiger partial charge in [0.1, 0.15) is 12.4 Å². The predicted molar refractivity (Wildman–Crippen MR) is 117 cm³/mol. The van der Waals surface area contributed by atoms with E-state index in [9.17, 15) is 9.50 Å². The fraction of sp³-hybridized carbons (Fsp3) is 0.217. The van der Waals surface area contributed by atoms with Gasteiger partial charge in [-0.05, 0) is 35.4 Å². The van der Waals surface area contributed by atoms with Crippen LogP contribution in [-0.4, -0.2) is 18.8 Å². The molecule has 0 fully saturated rings. The topological polar surface area (TPSA) is 50.7 Å². The molecular formula is C23H22Cl2FNO3. The molecule has 0 aliphatic carbocycles. The monoisotopic (exact) mass is 449 g/mol. The smallest absolute Gasteiger partial charge is 0.180 e. The first-order chi connectivity index (χ1) is 14.5. The van der Waals surface area contributed by atoms with E-state index in [0.29, 0.717) is 29.6 Å². The minimum Gasteiger partial charge on any atom is -0.493 e. The number of benzene rings is 3. The second-order valence-corrected chi connectivity index (χ2v) is 7.47. The van der Waals surface area contributed by atoms with Gasteiger partial charge in [-0.1, -0.05) is 59.6 Å². The number of ether oxygens (including phenoxy) is 2. The summed E-state index contributed by atoms with van der Waals surface area (Å²) in [6.07, 6.45) is -0.614. The van der Waals surface area contributed by atoms with Crippen LogP contribution in [0.5, 0.6) is 11.5 Å². The fourth-order valence-corrected chi connectivity index (χ4v) is 3.48. The van der Waals surface area contributed by atoms with E-state index in [1.807, 2.05) is 30.3 Å². The predicted octanol–water partition coefficient (Wildman–Crippen LogP) is 5.54. The molecule has 0 saturated heterocycles. The molecule has 0 amide bonds. The van der Waals surface area contributed by atoms with Gasteiger partial charge in [-0.3, -0.25) is 0 Å². The molecule has 30 heavy (non-hydrogen) atoms. The molecule has 2 N–H and O–H groups in total. The van der Waals surface area contributed by atoms with Gasteiger partial charge < -0.3 is 19.9 Å². The number of hydrogen-bond donors (Lipinski definition) is 2. The van der Waals surface area contributed by atoms with E-state index >= 15 is 0 Å². The molecule has 0 aliphatic rings. The summed E-state index contributed by atoms with van der Waals surface area (Å²) in [6, 6.07) is 17.4. The summed E-state index contributed by atoms with van der Waals surface area (Å²) >= 11 is 12.4. The van der Waals surface area contributed by atoms with Gasteiger partial charge in [0.05, 0.1) is 23.3 Å². The van der Waals surface area contributed by atoms with E-state index in [2.05, 4.69) is 5.32 Å². The quantitative estimate of drug-likeness (QED) is 0.449. The highest BCUT2D eigenvalue weighted by molar-refractivity contribution is 6.32. The summed E-state index contributed by atoms with van der Waals surface area (Å²) in [5.41, 5.74) is 1.95. The van der Waals surface area contributed by atoms with Crippen molar-refractivity contribution >= 4 is 23.2 Å². The van der Waals surface area contributed by atoms with Gasteiger partial charge in [0.25, 0.3) is 0 Å². The summed E-state index contributed by atoms with van der Waals surface area (Å²) in [7, 11) is 1.50. The normalized spacial score (nSPS) is 11.9. The Hall–Kier alpha value is -2.31. The second-order valence-electron chi connectivity index (χ2n) is 6.66. The SMILES string of the molecule is COc1cc(CNC[C@@H](O)c2ccccc2)cc(Cl)c1OCc1c(F)cccc1Cl. The maximum atomic E-state index is 14.0. The number of aliphatic hydroxyl groups excluding tert-OH is 1. The largest absolute Gasteiger partial charge is 0.493 e. The Bertz CT molecular complexity index is 965. The molecule has 7 heteroatoms. The van der Waals surface area contributed by atoms with Gasteiger partial charge in [-0.15, -0.1) is 0 Å². The molecule has 0 aliphatic heterocycles. The molecule has 0 heterocycles. The lowest BCUT2D eigenvalue weighted by atomic mass is 10.1. The van der Waals surface area contributed by atoms with Crippen LogP contribution in [0, 0.1) is 5.82 Å². The van der Waals surface area contributed by atoms with Crippen molar-refractivity contribution in [3.8, 4) is 11.5 Å². The van der Waals surface area contributed by atoms with E-state index in [1.165, 1.54) is 19.2 Å². The van der Waals surface area contributed by atoms with Crippen LogP contribution >= 0.6 is 23.2 Å². The van der Waals surface area contributed by atoms with Crippen molar-refractivity contribution in [1.82, 2.24) is 5.32 Å². The van der Waals surface area contributed by atoms with E-state index in [1.54, 1.807) is 18.2 Å². The van der Waals surface area contributed by atoms with Gasteiger partial charge in [0.2, 0.25) is 0 Å². The van der Waals surface area contributed by atoms with E-state index in [4.69, 9.17) is 32.7 Å². The van der Waals surface area contributed by atoms with E-state index in [-0.39, 0.29) is 17.2 Å². The van der Waals surface area contributed by atoms with Crippen molar-refractivity contribution in [2.24, 2.45) is 0 Å². The standard InChI is InChI=1S/C23H22Cl2FNO3/c1-29-22-11-15(12-27-13-21(28)16-6-3-2-4-7-16)10-19(25)23(22)30-14-17-18(24)8-5-9-20(17)26/h2-11,21,27-28H,12-14H2,1H3/t21-/m1/s1. The molecule has 3 aromatic rings. The molecule has 0 saturated carbocycles. The Morgan fingerprint density at radius 1 is 1.03 bits per heavy atom. The third-order valence-corrected chi connectivity index (χ3v) is 5.20. The lowest BCUT2D eigenvalue weighted by Crippen LogP contribution is -2.21. The second kappa shape index (κ2) is 10.6. The maximum absolute atomic E-state index is 14.0. The molecule has 0 radical (unpaired) electrons. The van der Waals surface area contributed by atoms with Crippen molar-refractivity contribution in [1.29, 1.82) is 0 Å². The van der Waals surface area contributed by atoms with Crippen molar-refractivity contribution in [3.63, 3.8) is 0 Å². The number of halogens is 3. The first-order valence-corrected chi connectivity index (χ1v) is 10.1. The Morgan fingerprint density at radius 2 is 1.80 bits per heavy atom. The van der Waals surface area contributed by atoms with Crippen molar-refractivity contribution in [2.75, 3.05) is 13.7 Å². The molecule has 3 rings (SSSR count). The first kappa shape index (κ1) is 22.4. The highest BCUT2D eigenvalue weighted by Crippen LogP contribution is 2.37. The Labute approximate surface area is 185 Å². The average molecular weight is 450 g/mol. The maximum Gasteiger partial charge on any atom is 0.180 e. The van der Waals surface area contributed by atoms with E-state index < -0.39 is 11.9 Å². The Balaban J connectivity index is 1.65. The van der Waals surface area contributed by atoms with Gasteiger partial charge in [-0.2, -0.15) is 0 Å². The summed E-state index contributed by atoms with van der Waals surface area (Å²) in [6.45, 7) is 0.774. The third-order valence-electron chi connectivity index (χ3n) is 4.56. The van der Waals surface area contributed by atoms with Crippen LogP contribution in [0.3, 0.4) is 0 Å². The minimum absolute atomic E-state index is 0.0809. The van der Waals surface area contributed by atoms with Gasteiger partial charge in [0.15, 0.2) is 11.5 Å². The number of rotatable bonds is 9. The van der Waals surface area contributed by atoms with Crippen LogP contribution in [0.1, 0.15) is 22.8 Å². The van der Waals surface area contributed by atoms with Crippen molar-refractivity contribution in [2.45, 2.75) is 19.3 Å². The molecular weight excluding hydrogens is 428 g/mol. The lowest BCUT2D eigenvalue weighted by Gasteiger charge is -2.16. The molecule has 158 valence electrons. The van der Waals surface area contributed by atoms with Gasteiger partial charge >= 0.3 is 0 Å². The highest BCUT2D eigenvalue weighted by atomic mass is 35.5. The number of nitrogens with one attached hydrogen (secondary N) is 1. The zero-order valence-electron chi connectivity index (χ0n) is 16.4. The zero-order chi connectivity index (χ0) is 21.5. The number of hydrogen-bond acceptors (Lipinski definition) is 4. The van der Waals surface area contributed by atoms with Crippen LogP contribution in [0.25, 0.3) is 0 Å². The molecule has 3 aromatic carbocycles. The number of methoxy groups -OCH3 is 1. The van der Waals surface area contributed by atoms with Crippen molar-refractivity contribution < 1.29 is 19.0 Å². The number of aliphatic hydroxyl groups is 1. The zero-order valence-corrected chi connectivity index (χ0v) is 17.9. The molecule has 0 unspecified atom stereocenters. The van der Waals surface area contributed by atoms with Crippen molar-refractivity contribution in [3.05, 3.63) is 93.2 Å². The first-order valence-electron chi connectivity index (χ1n) is 9.35. The van der Waals surface area contributed by atoms with Crippen LogP contribution < -0.4 is 14.8 Å². The van der Waals surface area contributed by atoms with Crippen LogP contribution in [0.2, 0.25) is 10.0 Å². The Kier molecular flexibility index (Phi) is 7.94. The summed E-state index contributed by atoms with van der Waals surface area (Å²) in [5, 5.41) is 14.1. The van der Waals surface area contributed by atoms with Gasteiger partial charge in [-0.25, -0.2) is 4.39 Å². The average Bonchev–Trinajstić information content (AvgIpc) is 2.74. The summed E-state index contributed by atoms with van der Waals surface area (Å²) < 4.78 is 25.1. The molecule has 1 atom stereocenters. The highest BCUT2D eigenvalue weighted by Gasteiger charge is 2.15. The lowest BCUT2D eigenvalue weighted by molar-refractivity contribution is 0.174. The molecule has 0 bridgehead atoms. The van der Waals surface area contributed by atoms with Crippen LogP contribution in [-0.2, 0) is 13.2 Å². The molecule has 4 nitrogen and oxygen atoms in total. The van der Waals surface area contributed by atoms with Crippen LogP contribution in [0.4, 0.5) is 4.39 Å². The summed E-state index contributed by atoms with van der Waals surface area (Å²) in [5.74, 6) is 0.289. The Morgan fingerprint density at radius 3 is 2.50 bits per heavy atom. The van der Waals surface area contributed by atoms with E-state index in [0.717, 1.165) is 11.1 Å². The third kappa shape index (κ3) is 5.64.